The topological polar surface area (TPSA) is 49.3 Å². The first-order chi connectivity index (χ1) is 10.8. The van der Waals surface area contributed by atoms with Gasteiger partial charge in [0.25, 0.3) is 0 Å². The van der Waals surface area contributed by atoms with E-state index >= 15 is 0 Å². The molecule has 0 radical (unpaired) electrons. The van der Waals surface area contributed by atoms with Gasteiger partial charge in [-0.1, -0.05) is 42.0 Å². The molecule has 2 aromatic rings. The van der Waals surface area contributed by atoms with Gasteiger partial charge < -0.3 is 10.4 Å². The Hall–Kier alpha value is -2.20. The van der Waals surface area contributed by atoms with Gasteiger partial charge in [0.2, 0.25) is 5.91 Å². The number of rotatable bonds is 5. The molecule has 2 unspecified atom stereocenters. The number of halogens is 1. The summed E-state index contributed by atoms with van der Waals surface area (Å²) >= 11 is 0. The predicted octanol–water partition coefficient (Wildman–Crippen LogP) is 3.26. The first-order valence-corrected chi connectivity index (χ1v) is 7.62. The summed E-state index contributed by atoms with van der Waals surface area (Å²) < 4.78 is 13.0. The first-order valence-electron chi connectivity index (χ1n) is 7.62. The first kappa shape index (κ1) is 17.2. The summed E-state index contributed by atoms with van der Waals surface area (Å²) in [5, 5.41) is 13.3. The van der Waals surface area contributed by atoms with Gasteiger partial charge in [-0.2, -0.15) is 0 Å². The van der Waals surface area contributed by atoms with Crippen molar-refractivity contribution in [2.75, 3.05) is 6.54 Å². The molecule has 2 N–H and O–H groups in total. The van der Waals surface area contributed by atoms with E-state index in [9.17, 15) is 14.3 Å². The molecule has 0 aliphatic rings. The van der Waals surface area contributed by atoms with Crippen molar-refractivity contribution < 1.29 is 14.3 Å². The van der Waals surface area contributed by atoms with Crippen molar-refractivity contribution in [1.82, 2.24) is 5.32 Å². The van der Waals surface area contributed by atoms with E-state index in [-0.39, 0.29) is 24.2 Å². The van der Waals surface area contributed by atoms with Crippen LogP contribution < -0.4 is 5.32 Å². The minimum atomic E-state index is -1.25. The zero-order valence-corrected chi connectivity index (χ0v) is 13.6. The molecule has 3 nitrogen and oxygen atoms in total. The van der Waals surface area contributed by atoms with E-state index in [1.165, 1.54) is 24.3 Å². The Bertz CT molecular complexity index is 680. The van der Waals surface area contributed by atoms with Crippen LogP contribution in [-0.4, -0.2) is 17.6 Å². The molecule has 23 heavy (non-hydrogen) atoms. The minimum Gasteiger partial charge on any atom is -0.384 e. The second-order valence-corrected chi connectivity index (χ2v) is 6.13. The number of aryl methyl sites for hydroxylation is 1. The normalized spacial score (nSPS) is 14.8. The van der Waals surface area contributed by atoms with Crippen LogP contribution in [0.5, 0.6) is 0 Å². The fourth-order valence-electron chi connectivity index (χ4n) is 2.41. The fourth-order valence-corrected chi connectivity index (χ4v) is 2.41. The average Bonchev–Trinajstić information content (AvgIpc) is 2.52. The summed E-state index contributed by atoms with van der Waals surface area (Å²) in [7, 11) is 0. The minimum absolute atomic E-state index is 0.0631. The van der Waals surface area contributed by atoms with Gasteiger partial charge in [-0.3, -0.25) is 4.79 Å². The molecule has 0 aromatic heterocycles. The monoisotopic (exact) mass is 315 g/mol. The van der Waals surface area contributed by atoms with Crippen LogP contribution in [0, 0.1) is 12.7 Å². The van der Waals surface area contributed by atoms with Gasteiger partial charge in [-0.15, -0.1) is 0 Å². The summed E-state index contributed by atoms with van der Waals surface area (Å²) in [6, 6.07) is 13.4. The molecule has 4 heteroatoms. The zero-order chi connectivity index (χ0) is 17.0. The van der Waals surface area contributed by atoms with Crippen LogP contribution in [0.3, 0.4) is 0 Å². The Morgan fingerprint density at radius 1 is 1.26 bits per heavy atom. The number of hydrogen-bond donors (Lipinski definition) is 2. The average molecular weight is 315 g/mol. The number of carbonyl (C=O) groups is 1. The molecule has 2 rings (SSSR count). The van der Waals surface area contributed by atoms with Gasteiger partial charge >= 0.3 is 0 Å². The maximum Gasteiger partial charge on any atom is 0.227 e. The van der Waals surface area contributed by atoms with E-state index in [0.717, 1.165) is 11.1 Å². The SMILES string of the molecule is Cc1cccc(C(C)C(=O)NCC(C)(O)c2ccc(F)cc2)c1. The van der Waals surface area contributed by atoms with E-state index < -0.39 is 5.60 Å². The van der Waals surface area contributed by atoms with Gasteiger partial charge in [0.05, 0.1) is 12.5 Å². The van der Waals surface area contributed by atoms with Crippen molar-refractivity contribution in [3.8, 4) is 0 Å². The van der Waals surface area contributed by atoms with Crippen LogP contribution in [0.2, 0.25) is 0 Å². The van der Waals surface area contributed by atoms with Crippen molar-refractivity contribution in [2.24, 2.45) is 0 Å². The Balaban J connectivity index is 2.01. The van der Waals surface area contributed by atoms with Crippen LogP contribution in [-0.2, 0) is 10.4 Å². The van der Waals surface area contributed by atoms with Crippen molar-refractivity contribution in [1.29, 1.82) is 0 Å². The van der Waals surface area contributed by atoms with E-state index in [0.29, 0.717) is 5.56 Å². The highest BCUT2D eigenvalue weighted by Crippen LogP contribution is 2.21. The van der Waals surface area contributed by atoms with Crippen LogP contribution >= 0.6 is 0 Å². The fraction of sp³-hybridized carbons (Fsp3) is 0.316. The molecule has 122 valence electrons. The Morgan fingerprint density at radius 3 is 2.52 bits per heavy atom. The largest absolute Gasteiger partial charge is 0.384 e. The lowest BCUT2D eigenvalue weighted by molar-refractivity contribution is -0.123. The smallest absolute Gasteiger partial charge is 0.227 e. The standard InChI is InChI=1S/C19H22FNO2/c1-13-5-4-6-15(11-13)14(2)18(22)21-12-19(3,23)16-7-9-17(20)10-8-16/h4-11,14,23H,12H2,1-3H3,(H,21,22). The van der Waals surface area contributed by atoms with Gasteiger partial charge in [0.1, 0.15) is 11.4 Å². The highest BCUT2D eigenvalue weighted by atomic mass is 19.1. The molecule has 0 aliphatic carbocycles. The second kappa shape index (κ2) is 6.92. The van der Waals surface area contributed by atoms with Crippen LogP contribution in [0.25, 0.3) is 0 Å². The number of hydrogen-bond acceptors (Lipinski definition) is 2. The summed E-state index contributed by atoms with van der Waals surface area (Å²) in [4.78, 5) is 12.3. The third kappa shape index (κ3) is 4.39. The number of nitrogens with one attached hydrogen (secondary N) is 1. The van der Waals surface area contributed by atoms with E-state index in [1.54, 1.807) is 6.92 Å². The summed E-state index contributed by atoms with van der Waals surface area (Å²) in [5.74, 6) is -0.821. The van der Waals surface area contributed by atoms with Crippen LogP contribution in [0.1, 0.15) is 36.5 Å². The van der Waals surface area contributed by atoms with Gasteiger partial charge in [-0.05, 0) is 44.0 Å². The Labute approximate surface area is 136 Å². The van der Waals surface area contributed by atoms with Gasteiger partial charge in [-0.25, -0.2) is 4.39 Å². The van der Waals surface area contributed by atoms with E-state index in [2.05, 4.69) is 5.32 Å². The number of aliphatic hydroxyl groups is 1. The molecule has 0 spiro atoms. The van der Waals surface area contributed by atoms with E-state index in [4.69, 9.17) is 0 Å². The maximum atomic E-state index is 13.0. The van der Waals surface area contributed by atoms with Crippen LogP contribution in [0.4, 0.5) is 4.39 Å². The zero-order valence-electron chi connectivity index (χ0n) is 13.6. The highest BCUT2D eigenvalue weighted by molar-refractivity contribution is 5.83. The third-order valence-electron chi connectivity index (χ3n) is 4.01. The van der Waals surface area contributed by atoms with Crippen molar-refractivity contribution in [2.45, 2.75) is 32.3 Å². The lowest BCUT2D eigenvalue weighted by Gasteiger charge is -2.25. The summed E-state index contributed by atoms with van der Waals surface area (Å²) in [5.41, 5.74) is 1.34. The Kier molecular flexibility index (Phi) is 5.16. The molecular formula is C19H22FNO2. The van der Waals surface area contributed by atoms with Crippen LogP contribution in [0.15, 0.2) is 48.5 Å². The predicted molar refractivity (Wildman–Crippen MR) is 88.6 cm³/mol. The van der Waals surface area contributed by atoms with Gasteiger partial charge in [0.15, 0.2) is 0 Å². The molecule has 0 aliphatic heterocycles. The lowest BCUT2D eigenvalue weighted by Crippen LogP contribution is -2.40. The highest BCUT2D eigenvalue weighted by Gasteiger charge is 2.25. The quantitative estimate of drug-likeness (QED) is 0.890. The summed E-state index contributed by atoms with van der Waals surface area (Å²) in [6.45, 7) is 5.47. The van der Waals surface area contributed by atoms with E-state index in [1.807, 2.05) is 38.1 Å². The lowest BCUT2D eigenvalue weighted by atomic mass is 9.94. The molecule has 0 saturated carbocycles. The molecule has 2 atom stereocenters. The Morgan fingerprint density at radius 2 is 1.91 bits per heavy atom. The molecule has 2 aromatic carbocycles. The second-order valence-electron chi connectivity index (χ2n) is 6.13. The third-order valence-corrected chi connectivity index (χ3v) is 4.01. The molecule has 1 amide bonds. The summed E-state index contributed by atoms with van der Waals surface area (Å²) in [6.07, 6.45) is 0. The van der Waals surface area contributed by atoms with Crippen molar-refractivity contribution in [3.05, 3.63) is 71.0 Å². The van der Waals surface area contributed by atoms with Crippen molar-refractivity contribution in [3.63, 3.8) is 0 Å². The van der Waals surface area contributed by atoms with Gasteiger partial charge in [0, 0.05) is 0 Å². The molecule has 0 bridgehead atoms. The molecule has 0 saturated heterocycles. The number of carbonyl (C=O) groups excluding carboxylic acids is 1. The van der Waals surface area contributed by atoms with Crippen molar-refractivity contribution >= 4 is 5.91 Å². The molecular weight excluding hydrogens is 293 g/mol. The maximum absolute atomic E-state index is 13.0. The number of amides is 1. The molecule has 0 heterocycles. The molecule has 0 fully saturated rings. The number of benzene rings is 2.